The maximum atomic E-state index is 6.14. The predicted octanol–water partition coefficient (Wildman–Crippen LogP) is 2.60. The molecular weight excluding hydrogens is 226 g/mol. The standard InChI is InChI=1S/C15H29NO2/c1-14(2,3)13(16-4)12-5-8-18-15(11-12)6-9-17-10-7-15/h12-13,16H,5-11H2,1-4H3. The quantitative estimate of drug-likeness (QED) is 0.822. The van der Waals surface area contributed by atoms with E-state index in [1.807, 2.05) is 0 Å². The molecule has 2 atom stereocenters. The molecule has 3 heteroatoms. The molecular formula is C15H29NO2. The zero-order chi connectivity index (χ0) is 13.2. The molecule has 2 heterocycles. The van der Waals surface area contributed by atoms with E-state index in [2.05, 4.69) is 33.1 Å². The van der Waals surface area contributed by atoms with Gasteiger partial charge in [0.2, 0.25) is 0 Å². The van der Waals surface area contributed by atoms with Crippen LogP contribution in [0.15, 0.2) is 0 Å². The normalized spacial score (nSPS) is 30.3. The van der Waals surface area contributed by atoms with Gasteiger partial charge in [-0.15, -0.1) is 0 Å². The molecule has 1 N–H and O–H groups in total. The number of rotatable bonds is 2. The molecule has 0 bridgehead atoms. The molecule has 0 aromatic heterocycles. The van der Waals surface area contributed by atoms with Gasteiger partial charge in [-0.05, 0) is 44.1 Å². The zero-order valence-electron chi connectivity index (χ0n) is 12.4. The van der Waals surface area contributed by atoms with Crippen molar-refractivity contribution < 1.29 is 9.47 Å². The fourth-order valence-corrected chi connectivity index (χ4v) is 3.82. The van der Waals surface area contributed by atoms with Crippen LogP contribution in [0.3, 0.4) is 0 Å². The molecule has 1 spiro atoms. The molecule has 2 fully saturated rings. The maximum Gasteiger partial charge on any atom is 0.0729 e. The largest absolute Gasteiger partial charge is 0.381 e. The summed E-state index contributed by atoms with van der Waals surface area (Å²) >= 11 is 0. The van der Waals surface area contributed by atoms with E-state index in [-0.39, 0.29) is 5.60 Å². The van der Waals surface area contributed by atoms with Crippen LogP contribution < -0.4 is 5.32 Å². The molecule has 106 valence electrons. The Morgan fingerprint density at radius 2 is 1.83 bits per heavy atom. The SMILES string of the molecule is CNC(C1CCOC2(CCOCC2)C1)C(C)(C)C. The first kappa shape index (κ1) is 14.3. The van der Waals surface area contributed by atoms with Crippen molar-refractivity contribution in [1.29, 1.82) is 0 Å². The summed E-state index contributed by atoms with van der Waals surface area (Å²) in [6.45, 7) is 9.65. The molecule has 2 rings (SSSR count). The van der Waals surface area contributed by atoms with E-state index in [0.717, 1.165) is 38.6 Å². The van der Waals surface area contributed by atoms with Crippen LogP contribution >= 0.6 is 0 Å². The van der Waals surface area contributed by atoms with Crippen molar-refractivity contribution in [1.82, 2.24) is 5.32 Å². The highest BCUT2D eigenvalue weighted by Crippen LogP contribution is 2.41. The van der Waals surface area contributed by atoms with Gasteiger partial charge in [0.05, 0.1) is 5.60 Å². The molecule has 2 aliphatic rings. The second-order valence-electron chi connectivity index (χ2n) is 7.03. The van der Waals surface area contributed by atoms with Crippen LogP contribution in [-0.4, -0.2) is 38.5 Å². The minimum absolute atomic E-state index is 0.113. The maximum absolute atomic E-state index is 6.14. The van der Waals surface area contributed by atoms with Crippen molar-refractivity contribution >= 4 is 0 Å². The third kappa shape index (κ3) is 3.06. The molecule has 0 aliphatic carbocycles. The topological polar surface area (TPSA) is 30.5 Å². The van der Waals surface area contributed by atoms with Crippen LogP contribution in [0, 0.1) is 11.3 Å². The van der Waals surface area contributed by atoms with E-state index in [1.54, 1.807) is 0 Å². The van der Waals surface area contributed by atoms with E-state index in [4.69, 9.17) is 9.47 Å². The molecule has 0 aromatic rings. The van der Waals surface area contributed by atoms with Gasteiger partial charge in [-0.3, -0.25) is 0 Å². The van der Waals surface area contributed by atoms with Crippen LogP contribution in [0.25, 0.3) is 0 Å². The number of ether oxygens (including phenoxy) is 2. The Hall–Kier alpha value is -0.120. The Balaban J connectivity index is 2.05. The summed E-state index contributed by atoms with van der Waals surface area (Å²) in [5.41, 5.74) is 0.421. The molecule has 3 nitrogen and oxygen atoms in total. The zero-order valence-corrected chi connectivity index (χ0v) is 12.4. The Bertz CT molecular complexity index is 261. The van der Waals surface area contributed by atoms with E-state index >= 15 is 0 Å². The van der Waals surface area contributed by atoms with Gasteiger partial charge in [0.15, 0.2) is 0 Å². The first-order valence-electron chi connectivity index (χ1n) is 7.36. The van der Waals surface area contributed by atoms with Gasteiger partial charge in [-0.25, -0.2) is 0 Å². The van der Waals surface area contributed by atoms with Gasteiger partial charge in [0.25, 0.3) is 0 Å². The van der Waals surface area contributed by atoms with Crippen molar-refractivity contribution in [3.05, 3.63) is 0 Å². The average Bonchev–Trinajstić information content (AvgIpc) is 2.29. The Kier molecular flexibility index (Phi) is 4.35. The molecule has 0 aromatic carbocycles. The van der Waals surface area contributed by atoms with Crippen LogP contribution in [-0.2, 0) is 9.47 Å². The third-order valence-corrected chi connectivity index (χ3v) is 4.65. The summed E-state index contributed by atoms with van der Waals surface area (Å²) in [6.07, 6.45) is 4.53. The Morgan fingerprint density at radius 1 is 1.17 bits per heavy atom. The summed E-state index contributed by atoms with van der Waals surface area (Å²) in [7, 11) is 2.10. The lowest BCUT2D eigenvalue weighted by molar-refractivity contribution is -0.153. The summed E-state index contributed by atoms with van der Waals surface area (Å²) in [4.78, 5) is 0. The van der Waals surface area contributed by atoms with Gasteiger partial charge in [-0.1, -0.05) is 20.8 Å². The van der Waals surface area contributed by atoms with Crippen molar-refractivity contribution in [2.45, 2.75) is 58.1 Å². The monoisotopic (exact) mass is 255 g/mol. The lowest BCUT2D eigenvalue weighted by atomic mass is 9.71. The van der Waals surface area contributed by atoms with Gasteiger partial charge >= 0.3 is 0 Å². The van der Waals surface area contributed by atoms with Crippen molar-refractivity contribution in [2.24, 2.45) is 11.3 Å². The van der Waals surface area contributed by atoms with Crippen LogP contribution in [0.1, 0.15) is 46.5 Å². The van der Waals surface area contributed by atoms with E-state index in [9.17, 15) is 0 Å². The number of hydrogen-bond acceptors (Lipinski definition) is 3. The van der Waals surface area contributed by atoms with E-state index < -0.39 is 0 Å². The Labute approximate surface area is 112 Å². The van der Waals surface area contributed by atoms with Gasteiger partial charge in [-0.2, -0.15) is 0 Å². The number of nitrogens with one attached hydrogen (secondary N) is 1. The smallest absolute Gasteiger partial charge is 0.0729 e. The van der Waals surface area contributed by atoms with Crippen molar-refractivity contribution in [3.8, 4) is 0 Å². The molecule has 0 amide bonds. The summed E-state index contributed by atoms with van der Waals surface area (Å²) in [6, 6.07) is 0.570. The summed E-state index contributed by atoms with van der Waals surface area (Å²) < 4.78 is 11.6. The average molecular weight is 255 g/mol. The summed E-state index contributed by atoms with van der Waals surface area (Å²) in [5.74, 6) is 0.724. The van der Waals surface area contributed by atoms with Crippen LogP contribution in [0.5, 0.6) is 0 Å². The number of hydrogen-bond donors (Lipinski definition) is 1. The predicted molar refractivity (Wildman–Crippen MR) is 73.8 cm³/mol. The summed E-state index contributed by atoms with van der Waals surface area (Å²) in [5, 5.41) is 3.55. The highest BCUT2D eigenvalue weighted by Gasteiger charge is 2.43. The second-order valence-corrected chi connectivity index (χ2v) is 7.03. The van der Waals surface area contributed by atoms with Gasteiger partial charge in [0.1, 0.15) is 0 Å². The highest BCUT2D eigenvalue weighted by atomic mass is 16.5. The van der Waals surface area contributed by atoms with Gasteiger partial charge in [0, 0.05) is 25.9 Å². The second kappa shape index (κ2) is 5.48. The minimum atomic E-state index is 0.113. The molecule has 2 saturated heterocycles. The first-order chi connectivity index (χ1) is 8.47. The first-order valence-corrected chi connectivity index (χ1v) is 7.36. The van der Waals surface area contributed by atoms with Crippen LogP contribution in [0.4, 0.5) is 0 Å². The lowest BCUT2D eigenvalue weighted by Crippen LogP contribution is -2.52. The minimum Gasteiger partial charge on any atom is -0.381 e. The third-order valence-electron chi connectivity index (χ3n) is 4.65. The molecule has 2 aliphatic heterocycles. The van der Waals surface area contributed by atoms with Crippen molar-refractivity contribution in [3.63, 3.8) is 0 Å². The molecule has 0 saturated carbocycles. The van der Waals surface area contributed by atoms with E-state index in [1.165, 1.54) is 12.8 Å². The van der Waals surface area contributed by atoms with E-state index in [0.29, 0.717) is 11.5 Å². The fraction of sp³-hybridized carbons (Fsp3) is 1.00. The lowest BCUT2D eigenvalue weighted by Gasteiger charge is -2.47. The van der Waals surface area contributed by atoms with Crippen LogP contribution in [0.2, 0.25) is 0 Å². The highest BCUT2D eigenvalue weighted by molar-refractivity contribution is 4.95. The molecule has 2 unspecified atom stereocenters. The molecule has 0 radical (unpaired) electrons. The molecule has 18 heavy (non-hydrogen) atoms. The van der Waals surface area contributed by atoms with Crippen molar-refractivity contribution in [2.75, 3.05) is 26.9 Å². The fourth-order valence-electron chi connectivity index (χ4n) is 3.82. The Morgan fingerprint density at radius 3 is 2.39 bits per heavy atom. The van der Waals surface area contributed by atoms with Gasteiger partial charge < -0.3 is 14.8 Å².